The first-order valence-corrected chi connectivity index (χ1v) is 7.25. The first-order valence-electron chi connectivity index (χ1n) is 6.44. The smallest absolute Gasteiger partial charge is 0.137 e. The van der Waals surface area contributed by atoms with Crippen LogP contribution < -0.4 is 0 Å². The van der Waals surface area contributed by atoms with Gasteiger partial charge in [0.1, 0.15) is 5.78 Å². The predicted molar refractivity (Wildman–Crippen MR) is 71.3 cm³/mol. The maximum absolute atomic E-state index is 12.0. The van der Waals surface area contributed by atoms with E-state index < -0.39 is 0 Å². The van der Waals surface area contributed by atoms with E-state index in [1.54, 1.807) is 0 Å². The maximum Gasteiger partial charge on any atom is 0.137 e. The van der Waals surface area contributed by atoms with E-state index in [1.165, 1.54) is 18.4 Å². The first-order chi connectivity index (χ1) is 8.22. The van der Waals surface area contributed by atoms with Crippen molar-refractivity contribution in [2.24, 2.45) is 5.92 Å². The molecule has 1 heterocycles. The summed E-state index contributed by atoms with van der Waals surface area (Å²) in [6.45, 7) is 1.73. The molecular formula is C13H19Cl2NO. The van der Waals surface area contributed by atoms with Crippen molar-refractivity contribution in [3.05, 3.63) is 10.6 Å². The molecule has 0 amide bonds. The van der Waals surface area contributed by atoms with E-state index in [4.69, 9.17) is 23.2 Å². The Hall–Kier alpha value is -0.0500. The van der Waals surface area contributed by atoms with E-state index >= 15 is 0 Å². The number of likely N-dealkylation sites (tertiary alicyclic amines) is 1. The fraction of sp³-hybridized carbons (Fsp3) is 0.769. The molecule has 4 heteroatoms. The number of carbonyl (C=O) groups is 1. The molecule has 2 rings (SSSR count). The summed E-state index contributed by atoms with van der Waals surface area (Å²) < 4.78 is 0. The van der Waals surface area contributed by atoms with E-state index in [9.17, 15) is 4.79 Å². The van der Waals surface area contributed by atoms with Gasteiger partial charge in [-0.3, -0.25) is 9.69 Å². The Kier molecular flexibility index (Phi) is 4.89. The standard InChI is InChI=1S/C13H19Cl2NO/c14-8-10(15)9-16-7-3-5-12(16)11-4-1-2-6-13(11)17/h8,11-12H,1-7,9H2. The lowest BCUT2D eigenvalue weighted by atomic mass is 9.82. The maximum atomic E-state index is 12.0. The van der Waals surface area contributed by atoms with Crippen molar-refractivity contribution in [2.45, 2.75) is 44.6 Å². The Balaban J connectivity index is 2.00. The second-order valence-corrected chi connectivity index (χ2v) is 5.76. The highest BCUT2D eigenvalue weighted by Crippen LogP contribution is 2.32. The Morgan fingerprint density at radius 3 is 2.88 bits per heavy atom. The van der Waals surface area contributed by atoms with Crippen LogP contribution in [0.2, 0.25) is 0 Å². The molecule has 1 aliphatic carbocycles. The van der Waals surface area contributed by atoms with Gasteiger partial charge in [-0.15, -0.1) is 0 Å². The van der Waals surface area contributed by atoms with E-state index in [1.807, 2.05) is 0 Å². The molecule has 0 aromatic carbocycles. The molecule has 2 atom stereocenters. The quantitative estimate of drug-likeness (QED) is 0.786. The molecule has 0 aromatic rings. The van der Waals surface area contributed by atoms with Crippen molar-refractivity contribution in [3.63, 3.8) is 0 Å². The lowest BCUT2D eigenvalue weighted by molar-refractivity contribution is -0.126. The van der Waals surface area contributed by atoms with Gasteiger partial charge in [0, 0.05) is 35.5 Å². The third kappa shape index (κ3) is 3.24. The number of nitrogens with zero attached hydrogens (tertiary/aromatic N) is 1. The molecule has 0 radical (unpaired) electrons. The second-order valence-electron chi connectivity index (χ2n) is 5.05. The molecule has 0 spiro atoms. The van der Waals surface area contributed by atoms with Gasteiger partial charge in [-0.1, -0.05) is 29.6 Å². The lowest BCUT2D eigenvalue weighted by Gasteiger charge is -2.32. The van der Waals surface area contributed by atoms with Crippen LogP contribution in [0, 0.1) is 5.92 Å². The molecule has 1 aliphatic heterocycles. The zero-order valence-corrected chi connectivity index (χ0v) is 11.5. The zero-order chi connectivity index (χ0) is 12.3. The summed E-state index contributed by atoms with van der Waals surface area (Å²) in [7, 11) is 0. The van der Waals surface area contributed by atoms with Crippen molar-refractivity contribution in [3.8, 4) is 0 Å². The van der Waals surface area contributed by atoms with Crippen molar-refractivity contribution >= 4 is 29.0 Å². The van der Waals surface area contributed by atoms with Crippen LogP contribution in [0.25, 0.3) is 0 Å². The summed E-state index contributed by atoms with van der Waals surface area (Å²) in [6.07, 6.45) is 6.39. The minimum Gasteiger partial charge on any atom is -0.299 e. The van der Waals surface area contributed by atoms with Crippen LogP contribution in [-0.2, 0) is 4.79 Å². The molecule has 2 fully saturated rings. The molecule has 0 N–H and O–H groups in total. The predicted octanol–water partition coefficient (Wildman–Crippen LogP) is 3.53. The largest absolute Gasteiger partial charge is 0.299 e. The minimum atomic E-state index is 0.242. The van der Waals surface area contributed by atoms with E-state index in [2.05, 4.69) is 4.90 Å². The number of halogens is 2. The van der Waals surface area contributed by atoms with Crippen LogP contribution >= 0.6 is 23.2 Å². The molecule has 0 bridgehead atoms. The van der Waals surface area contributed by atoms with Crippen molar-refractivity contribution < 1.29 is 4.79 Å². The molecule has 2 unspecified atom stereocenters. The van der Waals surface area contributed by atoms with Gasteiger partial charge in [-0.05, 0) is 32.2 Å². The van der Waals surface area contributed by atoms with Gasteiger partial charge in [0.05, 0.1) is 0 Å². The highest BCUT2D eigenvalue weighted by atomic mass is 35.5. The van der Waals surface area contributed by atoms with E-state index in [-0.39, 0.29) is 5.92 Å². The molecule has 17 heavy (non-hydrogen) atoms. The van der Waals surface area contributed by atoms with E-state index in [0.717, 1.165) is 32.2 Å². The normalized spacial score (nSPS) is 32.1. The molecule has 1 saturated heterocycles. The summed E-state index contributed by atoms with van der Waals surface area (Å²) in [5.41, 5.74) is 1.43. The average molecular weight is 276 g/mol. The summed E-state index contributed by atoms with van der Waals surface area (Å²) >= 11 is 11.6. The number of hydrogen-bond acceptors (Lipinski definition) is 2. The summed E-state index contributed by atoms with van der Waals surface area (Å²) in [6, 6.07) is 0.396. The Morgan fingerprint density at radius 1 is 1.35 bits per heavy atom. The lowest BCUT2D eigenvalue weighted by Crippen LogP contribution is -2.41. The number of hydrogen-bond donors (Lipinski definition) is 0. The summed E-state index contributed by atoms with van der Waals surface area (Å²) in [5, 5.41) is 0.668. The van der Waals surface area contributed by atoms with Crippen LogP contribution in [0.3, 0.4) is 0 Å². The monoisotopic (exact) mass is 275 g/mol. The highest BCUT2D eigenvalue weighted by molar-refractivity contribution is 6.36. The van der Waals surface area contributed by atoms with Gasteiger partial charge in [-0.2, -0.15) is 0 Å². The molecule has 1 saturated carbocycles. The molecule has 96 valence electrons. The second kappa shape index (κ2) is 6.21. The SMILES string of the molecule is O=C1CCCCC1C1CCCN1CC(Cl)=CCl. The van der Waals surface area contributed by atoms with Gasteiger partial charge >= 0.3 is 0 Å². The molecular weight excluding hydrogens is 257 g/mol. The number of Topliss-reactive ketones (excluding diaryl/α,β-unsaturated/α-hetero) is 1. The van der Waals surface area contributed by atoms with Crippen LogP contribution in [0.1, 0.15) is 38.5 Å². The average Bonchev–Trinajstić information content (AvgIpc) is 2.77. The zero-order valence-electron chi connectivity index (χ0n) is 10.0. The number of rotatable bonds is 3. The number of carbonyl (C=O) groups excluding carboxylic acids is 1. The van der Waals surface area contributed by atoms with Crippen molar-refractivity contribution in [1.82, 2.24) is 4.90 Å². The fourth-order valence-corrected chi connectivity index (χ4v) is 3.37. The van der Waals surface area contributed by atoms with Crippen molar-refractivity contribution in [1.29, 1.82) is 0 Å². The van der Waals surface area contributed by atoms with Crippen LogP contribution in [0.4, 0.5) is 0 Å². The van der Waals surface area contributed by atoms with Gasteiger partial charge in [0.25, 0.3) is 0 Å². The van der Waals surface area contributed by atoms with E-state index in [0.29, 0.717) is 23.4 Å². The van der Waals surface area contributed by atoms with Crippen LogP contribution in [-0.4, -0.2) is 29.8 Å². The van der Waals surface area contributed by atoms with Crippen LogP contribution in [0.15, 0.2) is 10.6 Å². The third-order valence-electron chi connectivity index (χ3n) is 3.95. The minimum absolute atomic E-state index is 0.242. The molecule has 0 aromatic heterocycles. The van der Waals surface area contributed by atoms with Gasteiger partial charge < -0.3 is 0 Å². The Morgan fingerprint density at radius 2 is 2.18 bits per heavy atom. The fourth-order valence-electron chi connectivity index (χ4n) is 3.15. The van der Waals surface area contributed by atoms with Gasteiger partial charge in [0.15, 0.2) is 0 Å². The Labute approximate surface area is 113 Å². The first kappa shape index (κ1) is 13.4. The van der Waals surface area contributed by atoms with Crippen molar-refractivity contribution in [2.75, 3.05) is 13.1 Å². The summed E-state index contributed by atoms with van der Waals surface area (Å²) in [4.78, 5) is 14.3. The van der Waals surface area contributed by atoms with Crippen LogP contribution in [0.5, 0.6) is 0 Å². The molecule has 2 nitrogen and oxygen atoms in total. The summed E-state index contributed by atoms with van der Waals surface area (Å²) in [5.74, 6) is 0.699. The number of ketones is 1. The highest BCUT2D eigenvalue weighted by Gasteiger charge is 2.36. The molecule has 2 aliphatic rings. The third-order valence-corrected chi connectivity index (χ3v) is 4.56. The topological polar surface area (TPSA) is 20.3 Å². The Bertz CT molecular complexity index is 317. The van der Waals surface area contributed by atoms with Gasteiger partial charge in [0.2, 0.25) is 0 Å². The van der Waals surface area contributed by atoms with Gasteiger partial charge in [-0.25, -0.2) is 0 Å².